The fourth-order valence-corrected chi connectivity index (χ4v) is 4.86. The summed E-state index contributed by atoms with van der Waals surface area (Å²) in [5.41, 5.74) is 1.72. The Hall–Kier alpha value is -3.07. The zero-order valence-corrected chi connectivity index (χ0v) is 15.0. The SMILES string of the molecule is O=C(O)CN1C(=O)COc2ccc(S(=O)(=O)N3CCc4ccccc43)cc21. The van der Waals surface area contributed by atoms with Crippen LogP contribution in [0.3, 0.4) is 0 Å². The topological polar surface area (TPSA) is 104 Å². The second-order valence-corrected chi connectivity index (χ2v) is 8.11. The highest BCUT2D eigenvalue weighted by atomic mass is 32.2. The van der Waals surface area contributed by atoms with Gasteiger partial charge in [0.15, 0.2) is 6.61 Å². The zero-order valence-electron chi connectivity index (χ0n) is 14.2. The van der Waals surface area contributed by atoms with Gasteiger partial charge in [-0.05, 0) is 36.2 Å². The van der Waals surface area contributed by atoms with Gasteiger partial charge in [0, 0.05) is 6.54 Å². The molecule has 0 bridgehead atoms. The number of rotatable bonds is 4. The molecule has 0 unspecified atom stereocenters. The molecule has 0 fully saturated rings. The Balaban J connectivity index is 1.76. The van der Waals surface area contributed by atoms with Crippen molar-refractivity contribution >= 4 is 33.3 Å². The summed E-state index contributed by atoms with van der Waals surface area (Å²) in [5, 5.41) is 9.06. The number of carbonyl (C=O) groups excluding carboxylic acids is 1. The summed E-state index contributed by atoms with van der Waals surface area (Å²) in [7, 11) is -3.86. The summed E-state index contributed by atoms with van der Waals surface area (Å²) in [4.78, 5) is 24.1. The molecule has 0 spiro atoms. The lowest BCUT2D eigenvalue weighted by molar-refractivity contribution is -0.137. The number of hydrogen-bond acceptors (Lipinski definition) is 5. The number of benzene rings is 2. The standard InChI is InChI=1S/C18H16N2O6S/c21-17-11-26-16-6-5-13(9-15(16)19(17)10-18(22)23)27(24,25)20-8-7-12-3-1-2-4-14(12)20/h1-6,9H,7-8,10-11H2,(H,22,23). The van der Waals surface area contributed by atoms with Gasteiger partial charge >= 0.3 is 5.97 Å². The number of carboxylic acids is 1. The zero-order chi connectivity index (χ0) is 19.2. The Bertz CT molecular complexity index is 1050. The summed E-state index contributed by atoms with van der Waals surface area (Å²) in [6, 6.07) is 11.4. The van der Waals surface area contributed by atoms with Crippen molar-refractivity contribution in [1.29, 1.82) is 0 Å². The molecule has 0 radical (unpaired) electrons. The lowest BCUT2D eigenvalue weighted by atomic mass is 10.2. The molecule has 0 saturated carbocycles. The molecule has 1 amide bonds. The van der Waals surface area contributed by atoms with E-state index < -0.39 is 28.4 Å². The first kappa shape index (κ1) is 17.3. The quantitative estimate of drug-likeness (QED) is 0.845. The van der Waals surface area contributed by atoms with E-state index in [1.165, 1.54) is 22.5 Å². The van der Waals surface area contributed by atoms with Gasteiger partial charge in [-0.25, -0.2) is 8.42 Å². The first-order valence-corrected chi connectivity index (χ1v) is 9.71. The third-order valence-electron chi connectivity index (χ3n) is 4.60. The average Bonchev–Trinajstić information content (AvgIpc) is 3.08. The lowest BCUT2D eigenvalue weighted by Gasteiger charge is -2.29. The van der Waals surface area contributed by atoms with Gasteiger partial charge < -0.3 is 9.84 Å². The van der Waals surface area contributed by atoms with Gasteiger partial charge in [-0.15, -0.1) is 0 Å². The van der Waals surface area contributed by atoms with Gasteiger partial charge in [0.05, 0.1) is 16.3 Å². The molecule has 27 heavy (non-hydrogen) atoms. The fourth-order valence-electron chi connectivity index (χ4n) is 3.34. The van der Waals surface area contributed by atoms with Crippen molar-refractivity contribution in [2.24, 2.45) is 0 Å². The summed E-state index contributed by atoms with van der Waals surface area (Å²) in [6.07, 6.45) is 0.618. The van der Waals surface area contributed by atoms with Crippen LogP contribution in [0.25, 0.3) is 0 Å². The maximum Gasteiger partial charge on any atom is 0.323 e. The predicted molar refractivity (Wildman–Crippen MR) is 96.6 cm³/mol. The Morgan fingerprint density at radius 1 is 1.15 bits per heavy atom. The second kappa shape index (κ2) is 6.27. The second-order valence-electron chi connectivity index (χ2n) is 6.25. The smallest absolute Gasteiger partial charge is 0.323 e. The van der Waals surface area contributed by atoms with Crippen molar-refractivity contribution in [2.75, 3.05) is 28.9 Å². The average molecular weight is 388 g/mol. The molecule has 2 aromatic rings. The summed E-state index contributed by atoms with van der Waals surface area (Å²) < 4.78 is 33.0. The number of hydrogen-bond donors (Lipinski definition) is 1. The van der Waals surface area contributed by atoms with Crippen LogP contribution in [-0.2, 0) is 26.0 Å². The van der Waals surface area contributed by atoms with E-state index in [1.54, 1.807) is 12.1 Å². The molecule has 2 aliphatic heterocycles. The van der Waals surface area contributed by atoms with Crippen LogP contribution in [0.1, 0.15) is 5.56 Å². The van der Waals surface area contributed by atoms with E-state index in [4.69, 9.17) is 9.84 Å². The molecule has 2 aromatic carbocycles. The third-order valence-corrected chi connectivity index (χ3v) is 6.41. The van der Waals surface area contributed by atoms with Gasteiger partial charge in [0.25, 0.3) is 15.9 Å². The van der Waals surface area contributed by atoms with E-state index in [9.17, 15) is 18.0 Å². The molecule has 4 rings (SSSR count). The van der Waals surface area contributed by atoms with Crippen LogP contribution in [0.4, 0.5) is 11.4 Å². The van der Waals surface area contributed by atoms with Gasteiger partial charge in [-0.2, -0.15) is 0 Å². The molecule has 0 aromatic heterocycles. The number of aliphatic carboxylic acids is 1. The molecular weight excluding hydrogens is 372 g/mol. The van der Waals surface area contributed by atoms with E-state index in [2.05, 4.69) is 0 Å². The highest BCUT2D eigenvalue weighted by Gasteiger charge is 2.33. The Labute approximate surface area is 155 Å². The molecule has 0 aliphatic carbocycles. The minimum Gasteiger partial charge on any atom is -0.482 e. The minimum absolute atomic E-state index is 0.0216. The van der Waals surface area contributed by atoms with Crippen molar-refractivity contribution in [1.82, 2.24) is 0 Å². The molecule has 0 atom stereocenters. The Morgan fingerprint density at radius 2 is 1.93 bits per heavy atom. The summed E-state index contributed by atoms with van der Waals surface area (Å²) in [6.45, 7) is -0.524. The van der Waals surface area contributed by atoms with Gasteiger partial charge in [0.1, 0.15) is 12.3 Å². The van der Waals surface area contributed by atoms with E-state index in [0.717, 1.165) is 10.5 Å². The molecule has 0 saturated heterocycles. The number of anilines is 2. The molecule has 2 heterocycles. The van der Waals surface area contributed by atoms with Gasteiger partial charge in [-0.3, -0.25) is 18.8 Å². The fraction of sp³-hybridized carbons (Fsp3) is 0.222. The molecule has 140 valence electrons. The van der Waals surface area contributed by atoms with Crippen molar-refractivity contribution in [2.45, 2.75) is 11.3 Å². The largest absolute Gasteiger partial charge is 0.482 e. The van der Waals surface area contributed by atoms with Crippen LogP contribution < -0.4 is 13.9 Å². The van der Waals surface area contributed by atoms with Crippen molar-refractivity contribution in [3.63, 3.8) is 0 Å². The summed E-state index contributed by atoms with van der Waals surface area (Å²) >= 11 is 0. The van der Waals surface area contributed by atoms with Gasteiger partial charge in [0.2, 0.25) is 0 Å². The number of fused-ring (bicyclic) bond motifs is 2. The van der Waals surface area contributed by atoms with Crippen molar-refractivity contribution in [3.05, 3.63) is 48.0 Å². The first-order valence-electron chi connectivity index (χ1n) is 8.27. The number of sulfonamides is 1. The predicted octanol–water partition coefficient (Wildman–Crippen LogP) is 1.25. The number of para-hydroxylation sites is 1. The molecule has 9 heteroatoms. The Kier molecular flexibility index (Phi) is 4.03. The highest BCUT2D eigenvalue weighted by molar-refractivity contribution is 7.92. The van der Waals surface area contributed by atoms with E-state index in [1.807, 2.05) is 12.1 Å². The molecule has 2 aliphatic rings. The number of ether oxygens (including phenoxy) is 1. The summed E-state index contributed by atoms with van der Waals surface area (Å²) in [5.74, 6) is -1.46. The molecular formula is C18H16N2O6S. The first-order chi connectivity index (χ1) is 12.9. The minimum atomic E-state index is -3.86. The normalized spacial score (nSPS) is 15.9. The number of nitrogens with zero attached hydrogens (tertiary/aromatic N) is 2. The van der Waals surface area contributed by atoms with Crippen LogP contribution >= 0.6 is 0 Å². The molecule has 1 N–H and O–H groups in total. The Morgan fingerprint density at radius 3 is 2.70 bits per heavy atom. The monoisotopic (exact) mass is 388 g/mol. The van der Waals surface area contributed by atoms with Gasteiger partial charge in [-0.1, -0.05) is 18.2 Å². The van der Waals surface area contributed by atoms with Crippen LogP contribution in [-0.4, -0.2) is 45.1 Å². The number of carbonyl (C=O) groups is 2. The van der Waals surface area contributed by atoms with E-state index in [-0.39, 0.29) is 22.9 Å². The lowest BCUT2D eigenvalue weighted by Crippen LogP contribution is -2.42. The highest BCUT2D eigenvalue weighted by Crippen LogP contribution is 2.37. The van der Waals surface area contributed by atoms with E-state index in [0.29, 0.717) is 18.7 Å². The van der Waals surface area contributed by atoms with Crippen LogP contribution in [0.2, 0.25) is 0 Å². The molecule has 8 nitrogen and oxygen atoms in total. The van der Waals surface area contributed by atoms with Crippen molar-refractivity contribution < 1.29 is 27.9 Å². The van der Waals surface area contributed by atoms with E-state index >= 15 is 0 Å². The maximum atomic E-state index is 13.2. The number of amides is 1. The number of carboxylic acid groups (broad SMARTS) is 1. The van der Waals surface area contributed by atoms with Crippen molar-refractivity contribution in [3.8, 4) is 5.75 Å². The third kappa shape index (κ3) is 2.89. The van der Waals surface area contributed by atoms with Crippen LogP contribution in [0.5, 0.6) is 5.75 Å². The van der Waals surface area contributed by atoms with Crippen LogP contribution in [0, 0.1) is 0 Å². The van der Waals surface area contributed by atoms with Crippen LogP contribution in [0.15, 0.2) is 47.4 Å². The maximum absolute atomic E-state index is 13.2.